The minimum absolute atomic E-state index is 0.0216. The Labute approximate surface area is 115 Å². The third-order valence-corrected chi connectivity index (χ3v) is 2.98. The number of phenols is 1. The fraction of sp³-hybridized carbons (Fsp3) is 0.200. The summed E-state index contributed by atoms with van der Waals surface area (Å²) in [5.41, 5.74) is 0.297. The molecule has 2 rings (SSSR count). The van der Waals surface area contributed by atoms with E-state index in [9.17, 15) is 19.0 Å². The number of para-hydroxylation sites is 1. The Morgan fingerprint density at radius 2 is 1.65 bits per heavy atom. The largest absolute Gasteiger partial charge is 0.508 e. The molecule has 0 fully saturated rings. The van der Waals surface area contributed by atoms with Gasteiger partial charge in [0.05, 0.1) is 11.7 Å². The summed E-state index contributed by atoms with van der Waals surface area (Å²) < 4.78 is 26.9. The Kier molecular flexibility index (Phi) is 4.65. The van der Waals surface area contributed by atoms with Crippen molar-refractivity contribution in [3.63, 3.8) is 0 Å². The summed E-state index contributed by atoms with van der Waals surface area (Å²) >= 11 is 0. The summed E-state index contributed by atoms with van der Waals surface area (Å²) in [4.78, 5) is 0. The van der Waals surface area contributed by atoms with Gasteiger partial charge in [0.15, 0.2) is 0 Å². The van der Waals surface area contributed by atoms with E-state index in [2.05, 4.69) is 5.32 Å². The molecule has 0 bridgehead atoms. The predicted octanol–water partition coefficient (Wildman–Crippen LogP) is 2.49. The molecule has 1 unspecified atom stereocenters. The van der Waals surface area contributed by atoms with Crippen molar-refractivity contribution in [2.24, 2.45) is 0 Å². The minimum atomic E-state index is -1.29. The molecule has 3 N–H and O–H groups in total. The standard InChI is InChI=1S/C15H15F2NO2/c16-11-5-3-6-12(17)15(11)14(20)9-18-8-10-4-1-2-7-13(10)19/h1-7,14,18-20H,8-9H2. The fourth-order valence-corrected chi connectivity index (χ4v) is 1.93. The highest BCUT2D eigenvalue weighted by molar-refractivity contribution is 5.31. The van der Waals surface area contributed by atoms with E-state index in [1.807, 2.05) is 0 Å². The minimum Gasteiger partial charge on any atom is -0.508 e. The number of aliphatic hydroxyl groups excluding tert-OH is 1. The van der Waals surface area contributed by atoms with Crippen LogP contribution in [0.5, 0.6) is 5.75 Å². The quantitative estimate of drug-likeness (QED) is 0.788. The third kappa shape index (κ3) is 3.31. The lowest BCUT2D eigenvalue weighted by Crippen LogP contribution is -2.22. The van der Waals surface area contributed by atoms with E-state index in [1.54, 1.807) is 24.3 Å². The second kappa shape index (κ2) is 6.45. The highest BCUT2D eigenvalue weighted by atomic mass is 19.1. The lowest BCUT2D eigenvalue weighted by atomic mass is 10.1. The van der Waals surface area contributed by atoms with Gasteiger partial charge in [0, 0.05) is 18.7 Å². The van der Waals surface area contributed by atoms with E-state index in [1.165, 1.54) is 6.07 Å². The Hall–Kier alpha value is -1.98. The zero-order valence-corrected chi connectivity index (χ0v) is 10.7. The van der Waals surface area contributed by atoms with Crippen molar-refractivity contribution < 1.29 is 19.0 Å². The molecule has 0 radical (unpaired) electrons. The molecule has 2 aromatic rings. The number of hydrogen-bond donors (Lipinski definition) is 3. The molecule has 0 amide bonds. The van der Waals surface area contributed by atoms with Gasteiger partial charge in [0.25, 0.3) is 0 Å². The van der Waals surface area contributed by atoms with Gasteiger partial charge < -0.3 is 15.5 Å². The number of hydrogen-bond acceptors (Lipinski definition) is 3. The summed E-state index contributed by atoms with van der Waals surface area (Å²) in [6.45, 7) is 0.270. The van der Waals surface area contributed by atoms with Crippen LogP contribution in [0, 0.1) is 11.6 Å². The van der Waals surface area contributed by atoms with E-state index in [0.717, 1.165) is 12.1 Å². The van der Waals surface area contributed by atoms with Gasteiger partial charge in [-0.15, -0.1) is 0 Å². The first-order valence-corrected chi connectivity index (χ1v) is 6.19. The average Bonchev–Trinajstić information content (AvgIpc) is 2.41. The van der Waals surface area contributed by atoms with E-state index in [-0.39, 0.29) is 17.9 Å². The van der Waals surface area contributed by atoms with Crippen molar-refractivity contribution in [3.05, 3.63) is 65.2 Å². The number of aliphatic hydroxyl groups is 1. The highest BCUT2D eigenvalue weighted by Crippen LogP contribution is 2.20. The van der Waals surface area contributed by atoms with Gasteiger partial charge in [-0.3, -0.25) is 0 Å². The van der Waals surface area contributed by atoms with Crippen molar-refractivity contribution in [3.8, 4) is 5.75 Å². The van der Waals surface area contributed by atoms with Gasteiger partial charge in [-0.1, -0.05) is 24.3 Å². The first-order chi connectivity index (χ1) is 9.59. The molecular weight excluding hydrogens is 264 g/mol. The number of aromatic hydroxyl groups is 1. The third-order valence-electron chi connectivity index (χ3n) is 2.98. The van der Waals surface area contributed by atoms with Gasteiger partial charge in [-0.05, 0) is 18.2 Å². The number of benzene rings is 2. The molecule has 0 aliphatic heterocycles. The molecule has 5 heteroatoms. The van der Waals surface area contributed by atoms with Gasteiger partial charge in [0.2, 0.25) is 0 Å². The van der Waals surface area contributed by atoms with Gasteiger partial charge in [-0.2, -0.15) is 0 Å². The molecule has 20 heavy (non-hydrogen) atoms. The maximum atomic E-state index is 13.4. The zero-order chi connectivity index (χ0) is 14.5. The van der Waals surface area contributed by atoms with Crippen LogP contribution >= 0.6 is 0 Å². The smallest absolute Gasteiger partial charge is 0.131 e. The van der Waals surface area contributed by atoms with Crippen LogP contribution in [-0.4, -0.2) is 16.8 Å². The number of rotatable bonds is 5. The van der Waals surface area contributed by atoms with Gasteiger partial charge in [0.1, 0.15) is 17.4 Å². The predicted molar refractivity (Wildman–Crippen MR) is 71.1 cm³/mol. The van der Waals surface area contributed by atoms with Crippen LogP contribution < -0.4 is 5.32 Å². The Bertz CT molecular complexity index is 570. The first kappa shape index (κ1) is 14.4. The number of nitrogens with one attached hydrogen (secondary N) is 1. The summed E-state index contributed by atoms with van der Waals surface area (Å²) in [7, 11) is 0. The molecule has 0 aromatic heterocycles. The monoisotopic (exact) mass is 279 g/mol. The Morgan fingerprint density at radius 1 is 1.00 bits per heavy atom. The van der Waals surface area contributed by atoms with Crippen molar-refractivity contribution in [1.82, 2.24) is 5.32 Å². The molecule has 2 aromatic carbocycles. The van der Waals surface area contributed by atoms with Crippen LogP contribution in [0.25, 0.3) is 0 Å². The lowest BCUT2D eigenvalue weighted by Gasteiger charge is -2.14. The molecule has 0 aliphatic rings. The van der Waals surface area contributed by atoms with Crippen molar-refractivity contribution in [2.45, 2.75) is 12.6 Å². The Balaban J connectivity index is 1.96. The van der Waals surface area contributed by atoms with Crippen molar-refractivity contribution in [2.75, 3.05) is 6.54 Å². The maximum absolute atomic E-state index is 13.4. The molecule has 0 saturated carbocycles. The SMILES string of the molecule is Oc1ccccc1CNCC(O)c1c(F)cccc1F. The van der Waals surface area contributed by atoms with E-state index in [4.69, 9.17) is 0 Å². The van der Waals surface area contributed by atoms with Crippen molar-refractivity contribution in [1.29, 1.82) is 0 Å². The fourth-order valence-electron chi connectivity index (χ4n) is 1.93. The second-order valence-electron chi connectivity index (χ2n) is 4.41. The molecular formula is C15H15F2NO2. The second-order valence-corrected chi connectivity index (χ2v) is 4.41. The normalized spacial score (nSPS) is 12.3. The summed E-state index contributed by atoms with van der Waals surface area (Å²) in [6, 6.07) is 10.2. The molecule has 1 atom stereocenters. The van der Waals surface area contributed by atoms with Crippen LogP contribution in [0.2, 0.25) is 0 Å². The van der Waals surface area contributed by atoms with Crippen LogP contribution in [0.15, 0.2) is 42.5 Å². The van der Waals surface area contributed by atoms with E-state index < -0.39 is 17.7 Å². The molecule has 0 heterocycles. The Morgan fingerprint density at radius 3 is 2.30 bits per heavy atom. The summed E-state index contributed by atoms with van der Waals surface area (Å²) in [5.74, 6) is -1.42. The first-order valence-electron chi connectivity index (χ1n) is 6.19. The average molecular weight is 279 g/mol. The lowest BCUT2D eigenvalue weighted by molar-refractivity contribution is 0.164. The van der Waals surface area contributed by atoms with E-state index in [0.29, 0.717) is 12.1 Å². The van der Waals surface area contributed by atoms with Crippen molar-refractivity contribution >= 4 is 0 Å². The van der Waals surface area contributed by atoms with Crippen LogP contribution in [0.3, 0.4) is 0 Å². The van der Waals surface area contributed by atoms with Gasteiger partial charge in [-0.25, -0.2) is 8.78 Å². The van der Waals surface area contributed by atoms with Crippen LogP contribution in [-0.2, 0) is 6.54 Å². The number of halogens is 2. The maximum Gasteiger partial charge on any atom is 0.131 e. The molecule has 0 spiro atoms. The summed E-state index contributed by atoms with van der Waals surface area (Å²) in [5, 5.41) is 22.2. The topological polar surface area (TPSA) is 52.5 Å². The number of phenolic OH excluding ortho intramolecular Hbond substituents is 1. The highest BCUT2D eigenvalue weighted by Gasteiger charge is 2.17. The molecule has 106 valence electrons. The van der Waals surface area contributed by atoms with E-state index >= 15 is 0 Å². The molecule has 3 nitrogen and oxygen atoms in total. The van der Waals surface area contributed by atoms with Crippen LogP contribution in [0.4, 0.5) is 8.78 Å². The molecule has 0 aliphatic carbocycles. The summed E-state index contributed by atoms with van der Waals surface area (Å²) in [6.07, 6.45) is -1.29. The zero-order valence-electron chi connectivity index (χ0n) is 10.7. The van der Waals surface area contributed by atoms with Gasteiger partial charge >= 0.3 is 0 Å². The molecule has 0 saturated heterocycles. The van der Waals surface area contributed by atoms with Crippen LogP contribution in [0.1, 0.15) is 17.2 Å².